The van der Waals surface area contributed by atoms with Gasteiger partial charge in [-0.25, -0.2) is 4.68 Å². The average Bonchev–Trinajstić information content (AvgIpc) is 2.99. The van der Waals surface area contributed by atoms with E-state index in [4.69, 9.17) is 11.6 Å². The predicted octanol–water partition coefficient (Wildman–Crippen LogP) is 3.99. The highest BCUT2D eigenvalue weighted by Crippen LogP contribution is 2.22. The molecule has 0 spiro atoms. The van der Waals surface area contributed by atoms with Crippen molar-refractivity contribution >= 4 is 23.2 Å². The average molecular weight is 439 g/mol. The van der Waals surface area contributed by atoms with Crippen LogP contribution in [-0.2, 0) is 18.4 Å². The molecule has 1 unspecified atom stereocenters. The van der Waals surface area contributed by atoms with Gasteiger partial charge in [-0.15, -0.1) is 0 Å². The molecule has 2 aromatic carbocycles. The molecular weight excluding hydrogens is 412 g/mol. The first kappa shape index (κ1) is 21.4. The second kappa shape index (κ2) is 9.12. The van der Waals surface area contributed by atoms with Crippen LogP contribution in [0.3, 0.4) is 0 Å². The van der Waals surface area contributed by atoms with Gasteiger partial charge in [-0.2, -0.15) is 0 Å². The smallest absolute Gasteiger partial charge is 0.295 e. The second-order valence-corrected chi connectivity index (χ2v) is 8.56. The number of anilines is 1. The number of halogens is 1. The molecular formula is C24H27ClN4O2. The van der Waals surface area contributed by atoms with Crippen LogP contribution in [0.5, 0.6) is 0 Å². The highest BCUT2D eigenvalue weighted by molar-refractivity contribution is 6.30. The highest BCUT2D eigenvalue weighted by Gasteiger charge is 2.28. The van der Waals surface area contributed by atoms with Gasteiger partial charge in [0.05, 0.1) is 17.3 Å². The maximum absolute atomic E-state index is 13.1. The van der Waals surface area contributed by atoms with Crippen LogP contribution >= 0.6 is 11.6 Å². The van der Waals surface area contributed by atoms with Crippen LogP contribution in [0.15, 0.2) is 59.4 Å². The summed E-state index contributed by atoms with van der Waals surface area (Å²) >= 11 is 5.98. The number of carbonyl (C=O) groups excluding carboxylic acids is 1. The zero-order valence-corrected chi connectivity index (χ0v) is 18.6. The molecule has 0 aliphatic carbocycles. The maximum atomic E-state index is 13.1. The quantitative estimate of drug-likeness (QED) is 0.655. The van der Waals surface area contributed by atoms with Gasteiger partial charge in [0.2, 0.25) is 5.91 Å². The first-order valence-electron chi connectivity index (χ1n) is 10.6. The van der Waals surface area contributed by atoms with E-state index in [2.05, 4.69) is 10.2 Å². The molecule has 4 rings (SSSR count). The first-order chi connectivity index (χ1) is 14.9. The number of benzene rings is 2. The molecule has 0 saturated carbocycles. The van der Waals surface area contributed by atoms with Crippen molar-refractivity contribution in [2.75, 3.05) is 18.4 Å². The third kappa shape index (κ3) is 4.60. The number of nitrogens with one attached hydrogen (secondary N) is 1. The number of nitrogens with zero attached hydrogens (tertiary/aromatic N) is 3. The summed E-state index contributed by atoms with van der Waals surface area (Å²) in [5.74, 6) is -0.239. The van der Waals surface area contributed by atoms with Crippen molar-refractivity contribution in [2.24, 2.45) is 13.0 Å². The third-order valence-electron chi connectivity index (χ3n) is 6.00. The maximum Gasteiger partial charge on any atom is 0.295 e. The molecule has 7 heteroatoms. The van der Waals surface area contributed by atoms with Crippen molar-refractivity contribution in [1.29, 1.82) is 0 Å². The van der Waals surface area contributed by atoms with Crippen LogP contribution in [0.2, 0.25) is 5.02 Å². The monoisotopic (exact) mass is 438 g/mol. The second-order valence-electron chi connectivity index (χ2n) is 8.13. The molecule has 1 amide bonds. The van der Waals surface area contributed by atoms with Gasteiger partial charge < -0.3 is 5.32 Å². The van der Waals surface area contributed by atoms with Crippen molar-refractivity contribution in [2.45, 2.75) is 26.3 Å². The van der Waals surface area contributed by atoms with Crippen LogP contribution in [0.25, 0.3) is 5.69 Å². The van der Waals surface area contributed by atoms with Crippen LogP contribution in [0.1, 0.15) is 24.1 Å². The van der Waals surface area contributed by atoms with E-state index in [1.807, 2.05) is 68.6 Å². The molecule has 0 radical (unpaired) electrons. The largest absolute Gasteiger partial charge is 0.320 e. The van der Waals surface area contributed by atoms with E-state index in [1.54, 1.807) is 9.36 Å². The molecule has 31 heavy (non-hydrogen) atoms. The molecule has 1 fully saturated rings. The van der Waals surface area contributed by atoms with Crippen molar-refractivity contribution in [1.82, 2.24) is 14.3 Å². The molecule has 3 aromatic rings. The van der Waals surface area contributed by atoms with Crippen molar-refractivity contribution < 1.29 is 4.79 Å². The number of para-hydroxylation sites is 1. The number of amides is 1. The lowest BCUT2D eigenvalue weighted by Crippen LogP contribution is -2.40. The lowest BCUT2D eigenvalue weighted by atomic mass is 9.96. The summed E-state index contributed by atoms with van der Waals surface area (Å²) in [4.78, 5) is 28.4. The summed E-state index contributed by atoms with van der Waals surface area (Å²) in [6.07, 6.45) is 1.77. The number of likely N-dealkylation sites (tertiary alicyclic amines) is 1. The molecule has 1 aliphatic rings. The van der Waals surface area contributed by atoms with E-state index in [9.17, 15) is 9.59 Å². The molecule has 1 N–H and O–H groups in total. The fraction of sp³-hybridized carbons (Fsp3) is 0.333. The summed E-state index contributed by atoms with van der Waals surface area (Å²) in [6, 6.07) is 17.3. The van der Waals surface area contributed by atoms with Crippen LogP contribution < -0.4 is 10.9 Å². The highest BCUT2D eigenvalue weighted by atomic mass is 35.5. The predicted molar refractivity (Wildman–Crippen MR) is 124 cm³/mol. The van der Waals surface area contributed by atoms with E-state index in [-0.39, 0.29) is 17.4 Å². The molecule has 1 atom stereocenters. The summed E-state index contributed by atoms with van der Waals surface area (Å²) in [5.41, 5.74) is 2.82. The van der Waals surface area contributed by atoms with E-state index < -0.39 is 0 Å². The van der Waals surface area contributed by atoms with Gasteiger partial charge in [-0.3, -0.25) is 19.2 Å². The van der Waals surface area contributed by atoms with E-state index in [0.717, 1.165) is 42.3 Å². The minimum Gasteiger partial charge on any atom is -0.320 e. The Balaban J connectivity index is 1.48. The van der Waals surface area contributed by atoms with Gasteiger partial charge in [0, 0.05) is 25.2 Å². The Morgan fingerprint density at radius 1 is 1.13 bits per heavy atom. The number of hydrogen-bond donors (Lipinski definition) is 1. The standard InChI is InChI=1S/C24H27ClN4O2/c1-17-22(24(31)29(27(17)2)21-8-4-3-5-9-21)26-23(30)19-7-6-14-28(16-19)15-18-10-12-20(25)13-11-18/h3-5,8-13,19H,6-7,14-16H2,1-2H3,(H,26,30). The fourth-order valence-electron chi connectivity index (χ4n) is 4.20. The van der Waals surface area contributed by atoms with Gasteiger partial charge in [0.15, 0.2) is 0 Å². The molecule has 0 bridgehead atoms. The summed E-state index contributed by atoms with van der Waals surface area (Å²) in [6.45, 7) is 4.26. The van der Waals surface area contributed by atoms with Crippen molar-refractivity contribution in [3.63, 3.8) is 0 Å². The Bertz CT molecular complexity index is 1120. The third-order valence-corrected chi connectivity index (χ3v) is 6.25. The Kier molecular flexibility index (Phi) is 6.30. The van der Waals surface area contributed by atoms with E-state index >= 15 is 0 Å². The molecule has 2 heterocycles. The minimum atomic E-state index is -0.214. The van der Waals surface area contributed by atoms with Crippen LogP contribution in [-0.4, -0.2) is 33.3 Å². The van der Waals surface area contributed by atoms with E-state index in [0.29, 0.717) is 12.2 Å². The Morgan fingerprint density at radius 3 is 2.55 bits per heavy atom. The van der Waals surface area contributed by atoms with Gasteiger partial charge in [0.25, 0.3) is 5.56 Å². The van der Waals surface area contributed by atoms with Gasteiger partial charge >= 0.3 is 0 Å². The lowest BCUT2D eigenvalue weighted by molar-refractivity contribution is -0.121. The molecule has 1 aromatic heterocycles. The van der Waals surface area contributed by atoms with Gasteiger partial charge in [-0.1, -0.05) is 41.9 Å². The van der Waals surface area contributed by atoms with E-state index in [1.165, 1.54) is 5.56 Å². The Hall–Kier alpha value is -2.83. The molecule has 1 saturated heterocycles. The number of piperidine rings is 1. The first-order valence-corrected chi connectivity index (χ1v) is 10.9. The molecule has 1 aliphatic heterocycles. The van der Waals surface area contributed by atoms with Crippen molar-refractivity contribution in [3.05, 3.63) is 81.2 Å². The minimum absolute atomic E-state index is 0.0909. The summed E-state index contributed by atoms with van der Waals surface area (Å²) in [7, 11) is 1.83. The number of aromatic nitrogens is 2. The van der Waals surface area contributed by atoms with Crippen LogP contribution in [0.4, 0.5) is 5.69 Å². The summed E-state index contributed by atoms with van der Waals surface area (Å²) in [5, 5.41) is 3.66. The lowest BCUT2D eigenvalue weighted by Gasteiger charge is -2.32. The van der Waals surface area contributed by atoms with Crippen molar-refractivity contribution in [3.8, 4) is 5.69 Å². The SMILES string of the molecule is Cc1c(NC(=O)C2CCCN(Cc3ccc(Cl)cc3)C2)c(=O)n(-c2ccccc2)n1C. The number of rotatable bonds is 5. The normalized spacial score (nSPS) is 16.9. The molecule has 6 nitrogen and oxygen atoms in total. The zero-order valence-electron chi connectivity index (χ0n) is 17.8. The summed E-state index contributed by atoms with van der Waals surface area (Å²) < 4.78 is 3.36. The number of hydrogen-bond acceptors (Lipinski definition) is 3. The Labute approximate surface area is 187 Å². The molecule has 162 valence electrons. The van der Waals surface area contributed by atoms with Crippen LogP contribution in [0, 0.1) is 12.8 Å². The van der Waals surface area contributed by atoms with Gasteiger partial charge in [-0.05, 0) is 56.1 Å². The Morgan fingerprint density at radius 2 is 1.84 bits per heavy atom. The fourth-order valence-corrected chi connectivity index (χ4v) is 4.32. The van der Waals surface area contributed by atoms with Gasteiger partial charge in [0.1, 0.15) is 5.69 Å². The topological polar surface area (TPSA) is 59.3 Å². The number of carbonyl (C=O) groups is 1. The zero-order chi connectivity index (χ0) is 22.0.